The van der Waals surface area contributed by atoms with E-state index in [2.05, 4.69) is 10.3 Å². The molecule has 1 amide bonds. The smallest absolute Gasteiger partial charge is 0.257 e. The normalized spacial score (nSPS) is 15.0. The fraction of sp³-hybridized carbons (Fsp3) is 0.368. The first-order valence-electron chi connectivity index (χ1n) is 8.32. The Labute approximate surface area is 152 Å². The lowest BCUT2D eigenvalue weighted by atomic mass is 10.1. The summed E-state index contributed by atoms with van der Waals surface area (Å²) in [5.41, 5.74) is 3.22. The number of amides is 1. The number of halogens is 1. The van der Waals surface area contributed by atoms with Crippen LogP contribution < -0.4 is 10.1 Å². The number of para-hydroxylation sites is 1. The van der Waals surface area contributed by atoms with Crippen LogP contribution in [0, 0.1) is 13.8 Å². The molecule has 0 saturated carbocycles. The summed E-state index contributed by atoms with van der Waals surface area (Å²) >= 11 is 6.26. The lowest BCUT2D eigenvalue weighted by Crippen LogP contribution is -2.26. The summed E-state index contributed by atoms with van der Waals surface area (Å²) in [5, 5.41) is 3.26. The number of aryl methyl sites for hydroxylation is 2. The van der Waals surface area contributed by atoms with Gasteiger partial charge in [-0.1, -0.05) is 29.8 Å². The Morgan fingerprint density at radius 3 is 2.60 bits per heavy atom. The van der Waals surface area contributed by atoms with Crippen LogP contribution in [0.15, 0.2) is 30.5 Å². The molecule has 1 aromatic heterocycles. The average molecular weight is 361 g/mol. The van der Waals surface area contributed by atoms with Crippen molar-refractivity contribution in [3.8, 4) is 5.88 Å². The number of nitrogens with zero attached hydrogens (tertiary/aromatic N) is 1. The number of ether oxygens (including phenoxy) is 2. The van der Waals surface area contributed by atoms with Gasteiger partial charge in [-0.3, -0.25) is 4.79 Å². The SMILES string of the molecule is Cc1cccc(C)c1NC(=O)c1cnc(OC2CCOCC2)c(Cl)c1. The predicted octanol–water partition coefficient (Wildman–Crippen LogP) is 4.16. The maximum absolute atomic E-state index is 12.5. The van der Waals surface area contributed by atoms with Crippen molar-refractivity contribution in [2.75, 3.05) is 18.5 Å². The van der Waals surface area contributed by atoms with Gasteiger partial charge in [0.1, 0.15) is 11.1 Å². The maximum atomic E-state index is 12.5. The summed E-state index contributed by atoms with van der Waals surface area (Å²) < 4.78 is 11.1. The molecular weight excluding hydrogens is 340 g/mol. The van der Waals surface area contributed by atoms with E-state index in [4.69, 9.17) is 21.1 Å². The third-order valence-electron chi connectivity index (χ3n) is 4.24. The molecule has 0 aliphatic carbocycles. The fourth-order valence-corrected chi connectivity index (χ4v) is 3.00. The molecule has 5 nitrogen and oxygen atoms in total. The van der Waals surface area contributed by atoms with Crippen molar-refractivity contribution in [3.63, 3.8) is 0 Å². The van der Waals surface area contributed by atoms with Crippen LogP contribution in [-0.4, -0.2) is 30.2 Å². The van der Waals surface area contributed by atoms with Gasteiger partial charge in [0.05, 0.1) is 18.8 Å². The van der Waals surface area contributed by atoms with Gasteiger partial charge in [-0.25, -0.2) is 4.98 Å². The second-order valence-corrected chi connectivity index (χ2v) is 6.57. The first-order valence-corrected chi connectivity index (χ1v) is 8.70. The molecular formula is C19H21ClN2O3. The molecule has 1 N–H and O–H groups in total. The van der Waals surface area contributed by atoms with Gasteiger partial charge in [-0.15, -0.1) is 0 Å². The molecule has 1 fully saturated rings. The van der Waals surface area contributed by atoms with Gasteiger partial charge in [0.15, 0.2) is 0 Å². The van der Waals surface area contributed by atoms with E-state index in [-0.39, 0.29) is 12.0 Å². The Kier molecular flexibility index (Phi) is 5.56. The Hall–Kier alpha value is -2.11. The van der Waals surface area contributed by atoms with Gasteiger partial charge < -0.3 is 14.8 Å². The van der Waals surface area contributed by atoms with E-state index in [9.17, 15) is 4.79 Å². The first kappa shape index (κ1) is 17.7. The monoisotopic (exact) mass is 360 g/mol. The first-order chi connectivity index (χ1) is 12.0. The molecule has 2 aromatic rings. The van der Waals surface area contributed by atoms with E-state index < -0.39 is 0 Å². The third kappa shape index (κ3) is 4.30. The van der Waals surface area contributed by atoms with Crippen LogP contribution in [0.4, 0.5) is 5.69 Å². The highest BCUT2D eigenvalue weighted by molar-refractivity contribution is 6.32. The number of nitrogens with one attached hydrogen (secondary N) is 1. The molecule has 1 saturated heterocycles. The third-order valence-corrected chi connectivity index (χ3v) is 4.51. The van der Waals surface area contributed by atoms with Gasteiger partial charge >= 0.3 is 0 Å². The Morgan fingerprint density at radius 1 is 1.28 bits per heavy atom. The van der Waals surface area contributed by atoms with Crippen molar-refractivity contribution in [1.29, 1.82) is 0 Å². The molecule has 6 heteroatoms. The molecule has 0 unspecified atom stereocenters. The summed E-state index contributed by atoms with van der Waals surface area (Å²) in [5.74, 6) is 0.113. The zero-order valence-electron chi connectivity index (χ0n) is 14.3. The van der Waals surface area contributed by atoms with Crippen LogP contribution in [0.1, 0.15) is 34.3 Å². The lowest BCUT2D eigenvalue weighted by Gasteiger charge is -2.23. The fourth-order valence-electron chi connectivity index (χ4n) is 2.79. The standard InChI is InChI=1S/C19H21ClN2O3/c1-12-4-3-5-13(2)17(12)22-18(23)14-10-16(20)19(21-11-14)25-15-6-8-24-9-7-15/h3-5,10-11,15H,6-9H2,1-2H3,(H,22,23). The van der Waals surface area contributed by atoms with E-state index in [1.165, 1.54) is 6.20 Å². The van der Waals surface area contributed by atoms with Crippen molar-refractivity contribution in [3.05, 3.63) is 52.2 Å². The molecule has 2 heterocycles. The Balaban J connectivity index is 1.72. The molecule has 1 aliphatic heterocycles. The number of pyridine rings is 1. The number of carbonyl (C=O) groups is 1. The van der Waals surface area contributed by atoms with Gasteiger partial charge in [0, 0.05) is 24.7 Å². The van der Waals surface area contributed by atoms with Crippen molar-refractivity contribution in [2.24, 2.45) is 0 Å². The number of hydrogen-bond donors (Lipinski definition) is 1. The number of benzene rings is 1. The number of anilines is 1. The average Bonchev–Trinajstić information content (AvgIpc) is 2.61. The van der Waals surface area contributed by atoms with Crippen LogP contribution >= 0.6 is 11.6 Å². The molecule has 0 atom stereocenters. The van der Waals surface area contributed by atoms with Crippen LogP contribution in [0.3, 0.4) is 0 Å². The molecule has 3 rings (SSSR count). The Morgan fingerprint density at radius 2 is 1.96 bits per heavy atom. The molecule has 0 radical (unpaired) electrons. The number of aromatic nitrogens is 1. The maximum Gasteiger partial charge on any atom is 0.257 e. The highest BCUT2D eigenvalue weighted by Crippen LogP contribution is 2.26. The van der Waals surface area contributed by atoms with Crippen LogP contribution in [0.2, 0.25) is 5.02 Å². The molecule has 1 aliphatic rings. The van der Waals surface area contributed by atoms with Crippen LogP contribution in [0.25, 0.3) is 0 Å². The molecule has 0 spiro atoms. The molecule has 132 valence electrons. The van der Waals surface area contributed by atoms with E-state index >= 15 is 0 Å². The largest absolute Gasteiger partial charge is 0.473 e. The second kappa shape index (κ2) is 7.85. The van der Waals surface area contributed by atoms with E-state index in [1.807, 2.05) is 32.0 Å². The summed E-state index contributed by atoms with van der Waals surface area (Å²) in [6.07, 6.45) is 3.16. The summed E-state index contributed by atoms with van der Waals surface area (Å²) in [7, 11) is 0. The summed E-state index contributed by atoms with van der Waals surface area (Å²) in [6, 6.07) is 7.46. The van der Waals surface area contributed by atoms with Crippen molar-refractivity contribution < 1.29 is 14.3 Å². The Bertz CT molecular complexity index is 753. The lowest BCUT2D eigenvalue weighted by molar-refractivity contribution is 0.0238. The molecule has 25 heavy (non-hydrogen) atoms. The van der Waals surface area contributed by atoms with Gasteiger partial charge in [0.2, 0.25) is 5.88 Å². The topological polar surface area (TPSA) is 60.5 Å². The minimum Gasteiger partial charge on any atom is -0.473 e. The quantitative estimate of drug-likeness (QED) is 0.889. The number of carbonyl (C=O) groups excluding carboxylic acids is 1. The summed E-state index contributed by atoms with van der Waals surface area (Å²) in [4.78, 5) is 16.7. The number of rotatable bonds is 4. The highest BCUT2D eigenvalue weighted by Gasteiger charge is 2.19. The van der Waals surface area contributed by atoms with Crippen molar-refractivity contribution in [1.82, 2.24) is 4.98 Å². The molecule has 0 bridgehead atoms. The minimum atomic E-state index is -0.246. The van der Waals surface area contributed by atoms with E-state index in [0.29, 0.717) is 29.7 Å². The molecule has 1 aromatic carbocycles. The van der Waals surface area contributed by atoms with Gasteiger partial charge in [-0.05, 0) is 31.0 Å². The summed E-state index contributed by atoms with van der Waals surface area (Å²) in [6.45, 7) is 5.27. The highest BCUT2D eigenvalue weighted by atomic mass is 35.5. The second-order valence-electron chi connectivity index (χ2n) is 6.16. The van der Waals surface area contributed by atoms with Crippen molar-refractivity contribution >= 4 is 23.2 Å². The van der Waals surface area contributed by atoms with Crippen LogP contribution in [-0.2, 0) is 4.74 Å². The van der Waals surface area contributed by atoms with Gasteiger partial charge in [0.25, 0.3) is 5.91 Å². The zero-order valence-corrected chi connectivity index (χ0v) is 15.1. The van der Waals surface area contributed by atoms with Crippen molar-refractivity contribution in [2.45, 2.75) is 32.8 Å². The van der Waals surface area contributed by atoms with E-state index in [0.717, 1.165) is 29.7 Å². The predicted molar refractivity (Wildman–Crippen MR) is 97.6 cm³/mol. The van der Waals surface area contributed by atoms with E-state index in [1.54, 1.807) is 6.07 Å². The zero-order chi connectivity index (χ0) is 17.8. The minimum absolute atomic E-state index is 0.0491. The van der Waals surface area contributed by atoms with Crippen LogP contribution in [0.5, 0.6) is 5.88 Å². The van der Waals surface area contributed by atoms with Gasteiger partial charge in [-0.2, -0.15) is 0 Å². The number of hydrogen-bond acceptors (Lipinski definition) is 4.